The monoisotopic (exact) mass is 779 g/mol. The van der Waals surface area contributed by atoms with Gasteiger partial charge in [0.2, 0.25) is 0 Å². The van der Waals surface area contributed by atoms with Gasteiger partial charge in [0.1, 0.15) is 0 Å². The number of hydrogen-bond acceptors (Lipinski definition) is 2. The minimum Gasteiger partial charge on any atom is -0.354 e. The van der Waals surface area contributed by atoms with Crippen molar-refractivity contribution >= 4 is 68.2 Å². The Morgan fingerprint density at radius 2 is 0.607 bits per heavy atom. The number of fused-ring (bicyclic) bond motifs is 11. The predicted molar refractivity (Wildman–Crippen MR) is 255 cm³/mol. The number of nitrogens with one attached hydrogen (secondary N) is 2. The Balaban J connectivity index is 1.17. The first-order valence-electron chi connectivity index (χ1n) is 20.7. The third-order valence-electron chi connectivity index (χ3n) is 11.9. The molecule has 0 amide bonds. The summed E-state index contributed by atoms with van der Waals surface area (Å²) in [5.74, 6) is 0. The van der Waals surface area contributed by atoms with Crippen molar-refractivity contribution in [3.05, 3.63) is 211 Å². The number of nitrogens with zero attached hydrogens (tertiary/aromatic N) is 3. The lowest BCUT2D eigenvalue weighted by molar-refractivity contribution is 1.18. The number of aromatic amines is 2. The van der Waals surface area contributed by atoms with E-state index in [0.29, 0.717) is 0 Å². The van der Waals surface area contributed by atoms with E-state index in [-0.39, 0.29) is 0 Å². The fourth-order valence-electron chi connectivity index (χ4n) is 9.21. The Hall–Kier alpha value is -8.28. The highest BCUT2D eigenvalue weighted by Gasteiger charge is 2.19. The molecule has 10 aromatic rings. The van der Waals surface area contributed by atoms with Gasteiger partial charge in [0.15, 0.2) is 0 Å². The maximum Gasteiger partial charge on any atom is 0.0737 e. The van der Waals surface area contributed by atoms with Gasteiger partial charge < -0.3 is 14.5 Å². The van der Waals surface area contributed by atoms with Crippen molar-refractivity contribution in [2.45, 2.75) is 0 Å². The molecule has 6 heterocycles. The van der Waals surface area contributed by atoms with Crippen LogP contribution in [-0.4, -0.2) is 24.5 Å². The molecular weight excluding hydrogens is 743 g/mol. The molecule has 5 nitrogen and oxygen atoms in total. The maximum atomic E-state index is 5.50. The largest absolute Gasteiger partial charge is 0.354 e. The van der Waals surface area contributed by atoms with Crippen LogP contribution in [0, 0.1) is 0 Å². The Kier molecular flexibility index (Phi) is 8.10. The molecule has 2 aliphatic heterocycles. The van der Waals surface area contributed by atoms with Crippen LogP contribution in [-0.2, 0) is 0 Å². The zero-order valence-corrected chi connectivity index (χ0v) is 33.0. The molecule has 0 spiro atoms. The highest BCUT2D eigenvalue weighted by Crippen LogP contribution is 2.39. The predicted octanol–water partition coefficient (Wildman–Crippen LogP) is 14.4. The SMILES string of the molecule is C1=Cc2nc1c(-c1ccccc1)c1ccc([nH]1)c(-c1ccccc1)c1nc(c(-c3ccc(-n4c5ccccc5c5ccccc54)cc3)c3ccc([nH]3)c2-c2ccccc2)C=C1. The van der Waals surface area contributed by atoms with Crippen molar-refractivity contribution in [3.63, 3.8) is 0 Å². The van der Waals surface area contributed by atoms with Crippen molar-refractivity contribution in [2.24, 2.45) is 0 Å². The molecule has 61 heavy (non-hydrogen) atoms. The van der Waals surface area contributed by atoms with E-state index in [2.05, 4.69) is 227 Å². The first kappa shape index (κ1) is 34.7. The van der Waals surface area contributed by atoms with Crippen molar-refractivity contribution < 1.29 is 0 Å². The molecule has 0 atom stereocenters. The van der Waals surface area contributed by atoms with Crippen LogP contribution in [0.15, 0.2) is 188 Å². The zero-order chi connectivity index (χ0) is 40.3. The van der Waals surface area contributed by atoms with Crippen molar-refractivity contribution in [3.8, 4) is 50.2 Å². The first-order valence-corrected chi connectivity index (χ1v) is 20.7. The van der Waals surface area contributed by atoms with E-state index in [9.17, 15) is 0 Å². The summed E-state index contributed by atoms with van der Waals surface area (Å²) in [5.41, 5.74) is 19.4. The summed E-state index contributed by atoms with van der Waals surface area (Å²) in [5, 5.41) is 2.49. The molecule has 5 heteroatoms. The molecule has 286 valence electrons. The summed E-state index contributed by atoms with van der Waals surface area (Å²) in [7, 11) is 0. The third kappa shape index (κ3) is 5.86. The van der Waals surface area contributed by atoms with Gasteiger partial charge in [-0.25, -0.2) is 9.97 Å². The quantitative estimate of drug-likeness (QED) is 0.183. The van der Waals surface area contributed by atoms with Crippen molar-refractivity contribution in [1.82, 2.24) is 24.5 Å². The van der Waals surface area contributed by atoms with Gasteiger partial charge in [0, 0.05) is 60.8 Å². The Morgan fingerprint density at radius 1 is 0.295 bits per heavy atom. The van der Waals surface area contributed by atoms with Gasteiger partial charge in [-0.15, -0.1) is 0 Å². The molecule has 0 saturated heterocycles. The van der Waals surface area contributed by atoms with Crippen LogP contribution in [0.25, 0.3) is 118 Å². The second kappa shape index (κ2) is 14.2. The molecule has 0 unspecified atom stereocenters. The van der Waals surface area contributed by atoms with Crippen molar-refractivity contribution in [2.75, 3.05) is 0 Å². The van der Waals surface area contributed by atoms with Crippen LogP contribution < -0.4 is 0 Å². The summed E-state index contributed by atoms with van der Waals surface area (Å²) in [4.78, 5) is 18.7. The molecule has 6 aromatic carbocycles. The average molecular weight is 780 g/mol. The summed E-state index contributed by atoms with van der Waals surface area (Å²) in [6, 6.07) is 66.5. The van der Waals surface area contributed by atoms with Gasteiger partial charge in [-0.2, -0.15) is 0 Å². The van der Waals surface area contributed by atoms with Gasteiger partial charge in [0.05, 0.1) is 33.8 Å². The molecule has 12 rings (SSSR count). The first-order chi connectivity index (χ1) is 30.2. The second-order valence-electron chi connectivity index (χ2n) is 15.5. The fraction of sp³-hybridized carbons (Fsp3) is 0. The molecular formula is C56H37N5. The molecule has 8 bridgehead atoms. The van der Waals surface area contributed by atoms with E-state index in [4.69, 9.17) is 9.97 Å². The molecule has 0 radical (unpaired) electrons. The fourth-order valence-corrected chi connectivity index (χ4v) is 9.21. The number of aromatic nitrogens is 5. The van der Waals surface area contributed by atoms with Crippen LogP contribution in [0.2, 0.25) is 0 Å². The summed E-state index contributed by atoms with van der Waals surface area (Å²) < 4.78 is 2.36. The van der Waals surface area contributed by atoms with E-state index in [1.807, 2.05) is 0 Å². The number of benzene rings is 6. The van der Waals surface area contributed by atoms with Crippen molar-refractivity contribution in [1.29, 1.82) is 0 Å². The summed E-state index contributed by atoms with van der Waals surface area (Å²) in [6.45, 7) is 0. The summed E-state index contributed by atoms with van der Waals surface area (Å²) in [6.07, 6.45) is 8.60. The maximum absolute atomic E-state index is 5.50. The summed E-state index contributed by atoms with van der Waals surface area (Å²) >= 11 is 0. The van der Waals surface area contributed by atoms with E-state index in [1.165, 1.54) is 21.8 Å². The van der Waals surface area contributed by atoms with E-state index >= 15 is 0 Å². The molecule has 4 aromatic heterocycles. The number of para-hydroxylation sites is 2. The molecule has 0 aliphatic carbocycles. The third-order valence-corrected chi connectivity index (χ3v) is 11.9. The topological polar surface area (TPSA) is 62.3 Å². The Bertz CT molecular complexity index is 3460. The van der Waals surface area contributed by atoms with Gasteiger partial charge in [-0.3, -0.25) is 0 Å². The van der Waals surface area contributed by atoms with Gasteiger partial charge >= 0.3 is 0 Å². The zero-order valence-electron chi connectivity index (χ0n) is 33.0. The number of hydrogen-bond donors (Lipinski definition) is 2. The molecule has 2 N–H and O–H groups in total. The van der Waals surface area contributed by atoms with E-state index in [0.717, 1.165) is 95.0 Å². The van der Waals surface area contributed by atoms with E-state index in [1.54, 1.807) is 0 Å². The Labute approximate surface area is 352 Å². The van der Waals surface area contributed by atoms with Crippen LogP contribution in [0.1, 0.15) is 22.8 Å². The van der Waals surface area contributed by atoms with Crippen LogP contribution in [0.5, 0.6) is 0 Å². The van der Waals surface area contributed by atoms with Crippen LogP contribution >= 0.6 is 0 Å². The number of H-pyrrole nitrogens is 2. The molecule has 0 fully saturated rings. The van der Waals surface area contributed by atoms with E-state index < -0.39 is 0 Å². The number of rotatable bonds is 5. The lowest BCUT2D eigenvalue weighted by atomic mass is 10.0. The highest BCUT2D eigenvalue weighted by molar-refractivity contribution is 6.09. The van der Waals surface area contributed by atoms with Crippen LogP contribution in [0.3, 0.4) is 0 Å². The standard InChI is InChI=1S/C56H37N5/c1-4-14-36(15-5-1)53-43-28-30-45(57-43)54(37-16-6-2-7-17-37)47-32-34-49(59-47)56(50-35-33-48(60-50)55(38-18-8-3-9-19-38)46-31-29-44(53)58-46)39-24-26-40(27-25-39)61-51-22-12-10-20-41(51)42-21-11-13-23-52(42)61/h1-35,57,60H. The normalized spacial score (nSPS) is 12.1. The van der Waals surface area contributed by atoms with Gasteiger partial charge in [-0.05, 0) is 95.1 Å². The lowest BCUT2D eigenvalue weighted by Crippen LogP contribution is -1.94. The van der Waals surface area contributed by atoms with Gasteiger partial charge in [0.25, 0.3) is 0 Å². The minimum absolute atomic E-state index is 0.881. The van der Waals surface area contributed by atoms with Gasteiger partial charge in [-0.1, -0.05) is 140 Å². The highest BCUT2D eigenvalue weighted by atomic mass is 15.0. The lowest BCUT2D eigenvalue weighted by Gasteiger charge is -2.10. The smallest absolute Gasteiger partial charge is 0.0737 e. The second-order valence-corrected chi connectivity index (χ2v) is 15.5. The Morgan fingerprint density at radius 3 is 0.967 bits per heavy atom. The molecule has 0 saturated carbocycles. The average Bonchev–Trinajstić information content (AvgIpc) is 4.19. The van der Waals surface area contributed by atoms with Crippen LogP contribution in [0.4, 0.5) is 0 Å². The minimum atomic E-state index is 0.881. The molecule has 2 aliphatic rings.